The summed E-state index contributed by atoms with van der Waals surface area (Å²) in [5.74, 6) is -0.569. The second-order valence-corrected chi connectivity index (χ2v) is 6.08. The number of alkyl halides is 2. The Morgan fingerprint density at radius 2 is 1.45 bits per heavy atom. The number of nitro groups is 1. The van der Waals surface area contributed by atoms with E-state index in [1.807, 2.05) is 0 Å². The average molecular weight is 322 g/mol. The average Bonchev–Trinajstić information content (AvgIpc) is 3.06. The number of nitrogens with zero attached hydrogens (tertiary/aromatic N) is 3. The fourth-order valence-corrected chi connectivity index (χ4v) is 3.18. The molecule has 2 aliphatic heterocycles. The van der Waals surface area contributed by atoms with Crippen molar-refractivity contribution in [3.63, 3.8) is 0 Å². The van der Waals surface area contributed by atoms with Gasteiger partial charge in [-0.05, 0) is 25.7 Å². The third-order valence-corrected chi connectivity index (χ3v) is 4.09. The van der Waals surface area contributed by atoms with Crippen LogP contribution in [-0.2, 0) is 4.79 Å². The molecule has 2 fully saturated rings. The lowest BCUT2D eigenvalue weighted by Gasteiger charge is -2.23. The van der Waals surface area contributed by atoms with Crippen molar-refractivity contribution in [3.8, 4) is 0 Å². The van der Waals surface area contributed by atoms with Gasteiger partial charge < -0.3 is 9.80 Å². The quantitative estimate of drug-likeness (QED) is 0.344. The Bertz CT molecular complexity index is 428. The molecule has 0 aromatic rings. The Morgan fingerprint density at radius 3 is 1.85 bits per heavy atom. The number of halogens is 2. The molecule has 2 saturated heterocycles. The maximum absolute atomic E-state index is 12.4. The number of hydrogen-bond acceptors (Lipinski definition) is 4. The second-order valence-electron chi connectivity index (χ2n) is 4.99. The van der Waals surface area contributed by atoms with Crippen molar-refractivity contribution < 1.29 is 9.72 Å². The highest BCUT2D eigenvalue weighted by Crippen LogP contribution is 2.28. The van der Waals surface area contributed by atoms with Crippen molar-refractivity contribution in [3.05, 3.63) is 21.5 Å². The first kappa shape index (κ1) is 15.4. The van der Waals surface area contributed by atoms with Gasteiger partial charge in [0, 0.05) is 26.2 Å². The molecule has 8 heteroatoms. The maximum atomic E-state index is 12.4. The predicted octanol–water partition coefficient (Wildman–Crippen LogP) is 2.00. The van der Waals surface area contributed by atoms with Crippen LogP contribution in [0.1, 0.15) is 25.7 Å². The molecule has 6 nitrogen and oxygen atoms in total. The Kier molecular flexibility index (Phi) is 5.10. The van der Waals surface area contributed by atoms with Gasteiger partial charge in [0.2, 0.25) is 0 Å². The molecule has 1 amide bonds. The molecule has 2 heterocycles. The van der Waals surface area contributed by atoms with Gasteiger partial charge in [-0.15, -0.1) is 0 Å². The van der Waals surface area contributed by atoms with Crippen molar-refractivity contribution in [1.29, 1.82) is 0 Å². The van der Waals surface area contributed by atoms with Gasteiger partial charge in [0.15, 0.2) is 4.84 Å². The van der Waals surface area contributed by atoms with E-state index < -0.39 is 21.4 Å². The zero-order valence-electron chi connectivity index (χ0n) is 11.1. The Morgan fingerprint density at radius 1 is 1.00 bits per heavy atom. The lowest BCUT2D eigenvalue weighted by atomic mass is 10.2. The first-order chi connectivity index (χ1) is 9.52. The highest BCUT2D eigenvalue weighted by atomic mass is 35.5. The number of hydrogen-bond donors (Lipinski definition) is 0. The summed E-state index contributed by atoms with van der Waals surface area (Å²) in [6.07, 6.45) is 3.60. The van der Waals surface area contributed by atoms with Crippen molar-refractivity contribution in [2.75, 3.05) is 26.2 Å². The van der Waals surface area contributed by atoms with E-state index >= 15 is 0 Å². The van der Waals surface area contributed by atoms with E-state index in [9.17, 15) is 14.9 Å². The molecule has 0 radical (unpaired) electrons. The van der Waals surface area contributed by atoms with Gasteiger partial charge >= 0.3 is 11.6 Å². The Labute approximate surface area is 127 Å². The van der Waals surface area contributed by atoms with E-state index in [4.69, 9.17) is 23.2 Å². The van der Waals surface area contributed by atoms with Crippen LogP contribution in [-0.4, -0.2) is 51.6 Å². The van der Waals surface area contributed by atoms with Gasteiger partial charge in [-0.1, -0.05) is 23.2 Å². The number of amides is 1. The molecule has 0 atom stereocenters. The fraction of sp³-hybridized carbons (Fsp3) is 0.750. The van der Waals surface area contributed by atoms with Crippen LogP contribution >= 0.6 is 23.2 Å². The van der Waals surface area contributed by atoms with Crippen LogP contribution in [0.2, 0.25) is 0 Å². The van der Waals surface area contributed by atoms with E-state index in [1.54, 1.807) is 4.90 Å². The van der Waals surface area contributed by atoms with Crippen LogP contribution < -0.4 is 0 Å². The molecule has 0 spiro atoms. The van der Waals surface area contributed by atoms with Crippen LogP contribution in [0.5, 0.6) is 0 Å². The summed E-state index contributed by atoms with van der Waals surface area (Å²) in [6.45, 7) is 2.41. The Hall–Kier alpha value is -1.01. The highest BCUT2D eigenvalue weighted by Gasteiger charge is 2.38. The standard InChI is InChI=1S/C12H17Cl2N3O3/c13-11(14)9(15-5-1-2-6-15)10(17(19)20)12(18)16-7-3-4-8-16/h11H,1-8H2. The molecular formula is C12H17Cl2N3O3. The first-order valence-corrected chi connectivity index (χ1v) is 7.60. The fourth-order valence-electron chi connectivity index (χ4n) is 2.70. The van der Waals surface area contributed by atoms with E-state index in [-0.39, 0.29) is 5.70 Å². The highest BCUT2D eigenvalue weighted by molar-refractivity contribution is 6.46. The van der Waals surface area contributed by atoms with Crippen LogP contribution in [0.15, 0.2) is 11.4 Å². The number of likely N-dealkylation sites (tertiary alicyclic amines) is 2. The maximum Gasteiger partial charge on any atom is 0.355 e. The summed E-state index contributed by atoms with van der Waals surface area (Å²) >= 11 is 11.8. The molecule has 20 heavy (non-hydrogen) atoms. The third-order valence-electron chi connectivity index (χ3n) is 3.67. The summed E-state index contributed by atoms with van der Waals surface area (Å²) in [4.78, 5) is 25.3. The minimum atomic E-state index is -1.07. The molecule has 0 N–H and O–H groups in total. The Balaban J connectivity index is 2.37. The van der Waals surface area contributed by atoms with Crippen molar-refractivity contribution in [2.24, 2.45) is 0 Å². The number of carbonyl (C=O) groups is 1. The first-order valence-electron chi connectivity index (χ1n) is 6.73. The van der Waals surface area contributed by atoms with Crippen LogP contribution in [0.3, 0.4) is 0 Å². The van der Waals surface area contributed by atoms with Gasteiger partial charge in [0.25, 0.3) is 0 Å². The zero-order chi connectivity index (χ0) is 14.7. The van der Waals surface area contributed by atoms with Gasteiger partial charge in [-0.3, -0.25) is 14.9 Å². The monoisotopic (exact) mass is 321 g/mol. The molecule has 0 aromatic carbocycles. The largest absolute Gasteiger partial charge is 0.367 e. The number of rotatable bonds is 4. The van der Waals surface area contributed by atoms with E-state index in [0.717, 1.165) is 25.7 Å². The van der Waals surface area contributed by atoms with E-state index in [1.165, 1.54) is 4.90 Å². The molecule has 0 aromatic heterocycles. The zero-order valence-corrected chi connectivity index (χ0v) is 12.6. The van der Waals surface area contributed by atoms with Crippen molar-refractivity contribution in [1.82, 2.24) is 9.80 Å². The lowest BCUT2D eigenvalue weighted by Crippen LogP contribution is -2.36. The number of carbonyl (C=O) groups excluding carboxylic acids is 1. The molecular weight excluding hydrogens is 305 g/mol. The van der Waals surface area contributed by atoms with Gasteiger partial charge in [-0.25, -0.2) is 0 Å². The minimum Gasteiger partial charge on any atom is -0.367 e. The SMILES string of the molecule is O=C(C(=C(C(Cl)Cl)N1CCCC1)[N+](=O)[O-])N1CCCC1. The topological polar surface area (TPSA) is 66.7 Å². The number of allylic oxidation sites excluding steroid dienone is 1. The summed E-state index contributed by atoms with van der Waals surface area (Å²) in [7, 11) is 0. The van der Waals surface area contributed by atoms with Crippen LogP contribution in [0.4, 0.5) is 0 Å². The molecule has 0 saturated carbocycles. The minimum absolute atomic E-state index is 0.146. The molecule has 0 unspecified atom stereocenters. The smallest absolute Gasteiger partial charge is 0.355 e. The van der Waals surface area contributed by atoms with Crippen LogP contribution in [0, 0.1) is 10.1 Å². The second kappa shape index (κ2) is 6.63. The summed E-state index contributed by atoms with van der Waals surface area (Å²) in [5.41, 5.74) is -0.323. The van der Waals surface area contributed by atoms with Gasteiger partial charge in [0.1, 0.15) is 5.70 Å². The predicted molar refractivity (Wildman–Crippen MR) is 76.1 cm³/mol. The molecule has 2 rings (SSSR count). The molecule has 2 aliphatic rings. The molecule has 0 aliphatic carbocycles. The summed E-state index contributed by atoms with van der Waals surface area (Å²) in [6, 6.07) is 0. The molecule has 112 valence electrons. The van der Waals surface area contributed by atoms with Crippen molar-refractivity contribution >= 4 is 29.1 Å². The van der Waals surface area contributed by atoms with Crippen LogP contribution in [0.25, 0.3) is 0 Å². The van der Waals surface area contributed by atoms with E-state index in [2.05, 4.69) is 0 Å². The lowest BCUT2D eigenvalue weighted by molar-refractivity contribution is -0.422. The van der Waals surface area contributed by atoms with Gasteiger partial charge in [-0.2, -0.15) is 0 Å². The summed E-state index contributed by atoms with van der Waals surface area (Å²) in [5, 5.41) is 11.4. The molecule has 0 bridgehead atoms. The summed E-state index contributed by atoms with van der Waals surface area (Å²) < 4.78 is 0. The third kappa shape index (κ3) is 3.17. The van der Waals surface area contributed by atoms with E-state index in [0.29, 0.717) is 26.2 Å². The van der Waals surface area contributed by atoms with Gasteiger partial charge in [0.05, 0.1) is 4.92 Å². The van der Waals surface area contributed by atoms with Crippen molar-refractivity contribution in [2.45, 2.75) is 30.5 Å². The normalized spacial score (nSPS) is 20.6.